The summed E-state index contributed by atoms with van der Waals surface area (Å²) in [6.45, 7) is 1.37. The van der Waals surface area contributed by atoms with Gasteiger partial charge >= 0.3 is 0 Å². The molecule has 0 bridgehead atoms. The van der Waals surface area contributed by atoms with Crippen LogP contribution in [0.5, 0.6) is 0 Å². The Morgan fingerprint density at radius 1 is 1.39 bits per heavy atom. The number of halogens is 1. The zero-order valence-electron chi connectivity index (χ0n) is 12.5. The lowest BCUT2D eigenvalue weighted by atomic mass is 10.2. The number of carbonyl (C=O) groups excluding carboxylic acids is 1. The zero-order valence-corrected chi connectivity index (χ0v) is 14.9. The van der Waals surface area contributed by atoms with Gasteiger partial charge in [0.1, 0.15) is 0 Å². The number of hydrogen-bond acceptors (Lipinski definition) is 5. The second kappa shape index (κ2) is 7.99. The Kier molecular flexibility index (Phi) is 5.75. The highest BCUT2D eigenvalue weighted by molar-refractivity contribution is 9.10. The Morgan fingerprint density at radius 2 is 2.22 bits per heavy atom. The first-order valence-corrected chi connectivity index (χ1v) is 9.21. The third-order valence-electron chi connectivity index (χ3n) is 3.49. The Labute approximate surface area is 147 Å². The first-order valence-electron chi connectivity index (χ1n) is 7.43. The van der Waals surface area contributed by atoms with Crippen LogP contribution in [0.25, 0.3) is 11.3 Å². The quantitative estimate of drug-likeness (QED) is 0.756. The van der Waals surface area contributed by atoms with Gasteiger partial charge in [0.05, 0.1) is 18.1 Å². The van der Waals surface area contributed by atoms with E-state index in [1.807, 2.05) is 24.3 Å². The van der Waals surface area contributed by atoms with Crippen LogP contribution in [0.15, 0.2) is 44.6 Å². The number of carbonyl (C=O) groups is 1. The predicted molar refractivity (Wildman–Crippen MR) is 92.3 cm³/mol. The number of thioether (sulfide) groups is 1. The van der Waals surface area contributed by atoms with Gasteiger partial charge in [0.15, 0.2) is 5.76 Å². The molecule has 0 saturated carbocycles. The van der Waals surface area contributed by atoms with Crippen molar-refractivity contribution in [3.8, 4) is 11.3 Å². The summed E-state index contributed by atoms with van der Waals surface area (Å²) in [5.74, 6) is 0.946. The minimum atomic E-state index is -0.0334. The molecule has 7 heteroatoms. The van der Waals surface area contributed by atoms with Crippen LogP contribution in [0.3, 0.4) is 0 Å². The van der Waals surface area contributed by atoms with Crippen molar-refractivity contribution < 1.29 is 13.9 Å². The highest BCUT2D eigenvalue weighted by atomic mass is 79.9. The lowest BCUT2D eigenvalue weighted by Gasteiger charge is -2.09. The summed E-state index contributed by atoms with van der Waals surface area (Å²) < 4.78 is 12.2. The Morgan fingerprint density at radius 3 is 2.96 bits per heavy atom. The molecule has 1 aromatic carbocycles. The summed E-state index contributed by atoms with van der Waals surface area (Å²) in [5.41, 5.74) is 0.954. The zero-order chi connectivity index (χ0) is 16.1. The van der Waals surface area contributed by atoms with Gasteiger partial charge in [-0.15, -0.1) is 0 Å². The summed E-state index contributed by atoms with van der Waals surface area (Å²) in [6.07, 6.45) is 3.93. The van der Waals surface area contributed by atoms with Gasteiger partial charge in [0.2, 0.25) is 5.91 Å². The second-order valence-corrected chi connectivity index (χ2v) is 7.07. The molecule has 1 saturated heterocycles. The maximum absolute atomic E-state index is 11.8. The van der Waals surface area contributed by atoms with Crippen molar-refractivity contribution in [2.45, 2.75) is 24.2 Å². The smallest absolute Gasteiger partial charge is 0.256 e. The molecule has 1 aliphatic heterocycles. The van der Waals surface area contributed by atoms with E-state index in [4.69, 9.17) is 9.15 Å². The largest absolute Gasteiger partial charge is 0.431 e. The number of benzene rings is 1. The normalized spacial score (nSPS) is 17.3. The van der Waals surface area contributed by atoms with E-state index in [1.165, 1.54) is 11.8 Å². The molecule has 2 aromatic rings. The van der Waals surface area contributed by atoms with E-state index in [0.29, 0.717) is 17.5 Å². The molecule has 1 aromatic heterocycles. The van der Waals surface area contributed by atoms with Crippen molar-refractivity contribution in [2.75, 3.05) is 18.9 Å². The highest BCUT2D eigenvalue weighted by Gasteiger charge is 2.16. The Balaban J connectivity index is 1.47. The maximum Gasteiger partial charge on any atom is 0.256 e. The number of oxazole rings is 1. The van der Waals surface area contributed by atoms with Crippen molar-refractivity contribution in [1.29, 1.82) is 0 Å². The number of rotatable bonds is 6. The van der Waals surface area contributed by atoms with Gasteiger partial charge < -0.3 is 14.5 Å². The van der Waals surface area contributed by atoms with E-state index in [9.17, 15) is 4.79 Å². The third-order valence-corrected chi connectivity index (χ3v) is 4.86. The molecule has 1 amide bonds. The number of nitrogens with zero attached hydrogens (tertiary/aromatic N) is 1. The van der Waals surface area contributed by atoms with Gasteiger partial charge in [0, 0.05) is 23.2 Å². The minimum absolute atomic E-state index is 0.0334. The molecule has 1 atom stereocenters. The summed E-state index contributed by atoms with van der Waals surface area (Å²) in [6, 6.07) is 7.80. The maximum atomic E-state index is 11.8. The van der Waals surface area contributed by atoms with Gasteiger partial charge in [-0.05, 0) is 25.0 Å². The van der Waals surface area contributed by atoms with Crippen molar-refractivity contribution in [2.24, 2.45) is 0 Å². The van der Waals surface area contributed by atoms with Crippen LogP contribution < -0.4 is 5.32 Å². The van der Waals surface area contributed by atoms with Crippen LogP contribution in [-0.4, -0.2) is 35.9 Å². The van der Waals surface area contributed by atoms with Gasteiger partial charge in [-0.25, -0.2) is 4.98 Å². The van der Waals surface area contributed by atoms with Crippen LogP contribution >= 0.6 is 27.7 Å². The highest BCUT2D eigenvalue weighted by Crippen LogP contribution is 2.26. The second-order valence-electron chi connectivity index (χ2n) is 5.23. The van der Waals surface area contributed by atoms with E-state index in [0.717, 1.165) is 29.5 Å². The molecule has 1 fully saturated rings. The lowest BCUT2D eigenvalue weighted by Crippen LogP contribution is -2.32. The average Bonchev–Trinajstić information content (AvgIpc) is 3.23. The van der Waals surface area contributed by atoms with Crippen molar-refractivity contribution in [3.63, 3.8) is 0 Å². The molecule has 1 aliphatic rings. The summed E-state index contributed by atoms with van der Waals surface area (Å²) in [4.78, 5) is 16.0. The van der Waals surface area contributed by atoms with Crippen LogP contribution in [0.4, 0.5) is 0 Å². The fourth-order valence-electron chi connectivity index (χ4n) is 2.28. The first-order chi connectivity index (χ1) is 11.2. The topological polar surface area (TPSA) is 64.4 Å². The molecule has 0 spiro atoms. The number of amides is 1. The molecule has 122 valence electrons. The van der Waals surface area contributed by atoms with Crippen molar-refractivity contribution >= 4 is 33.6 Å². The average molecular weight is 397 g/mol. The van der Waals surface area contributed by atoms with Crippen LogP contribution in [0.1, 0.15) is 12.8 Å². The fraction of sp³-hybridized carbons (Fsp3) is 0.375. The van der Waals surface area contributed by atoms with Crippen molar-refractivity contribution in [3.05, 3.63) is 34.9 Å². The standard InChI is InChI=1S/C16H17BrN2O3S/c17-12-5-3-11(4-6-12)14-9-19-16(22-14)23-10-15(20)18-8-13-2-1-7-21-13/h3-6,9,13H,1-2,7-8,10H2,(H,18,20). The van der Waals surface area contributed by atoms with Gasteiger partial charge in [-0.3, -0.25) is 4.79 Å². The molecule has 2 heterocycles. The lowest BCUT2D eigenvalue weighted by molar-refractivity contribution is -0.119. The summed E-state index contributed by atoms with van der Waals surface area (Å²) >= 11 is 4.69. The van der Waals surface area contributed by atoms with E-state index in [1.54, 1.807) is 6.20 Å². The third kappa shape index (κ3) is 4.83. The molecule has 1 unspecified atom stereocenters. The first kappa shape index (κ1) is 16.5. The molecular weight excluding hydrogens is 380 g/mol. The van der Waals surface area contributed by atoms with Crippen LogP contribution in [0, 0.1) is 0 Å². The predicted octanol–water partition coefficient (Wildman–Crippen LogP) is 3.49. The van der Waals surface area contributed by atoms with E-state index in [-0.39, 0.29) is 17.8 Å². The monoisotopic (exact) mass is 396 g/mol. The Hall–Kier alpha value is -1.31. The number of nitrogens with one attached hydrogen (secondary N) is 1. The summed E-state index contributed by atoms with van der Waals surface area (Å²) in [5, 5.41) is 3.38. The molecule has 3 rings (SSSR count). The van der Waals surface area contributed by atoms with E-state index >= 15 is 0 Å². The number of hydrogen-bond donors (Lipinski definition) is 1. The van der Waals surface area contributed by atoms with E-state index in [2.05, 4.69) is 26.2 Å². The molecular formula is C16H17BrN2O3S. The van der Waals surface area contributed by atoms with Gasteiger partial charge in [-0.2, -0.15) is 0 Å². The molecule has 0 aliphatic carbocycles. The molecule has 0 radical (unpaired) electrons. The number of ether oxygens (including phenoxy) is 1. The SMILES string of the molecule is O=C(CSc1ncc(-c2ccc(Br)cc2)o1)NCC1CCCO1. The fourth-order valence-corrected chi connectivity index (χ4v) is 3.18. The molecule has 1 N–H and O–H groups in total. The van der Waals surface area contributed by atoms with Gasteiger partial charge in [-0.1, -0.05) is 39.8 Å². The van der Waals surface area contributed by atoms with E-state index < -0.39 is 0 Å². The van der Waals surface area contributed by atoms with Gasteiger partial charge in [0.25, 0.3) is 5.22 Å². The van der Waals surface area contributed by atoms with Crippen LogP contribution in [0.2, 0.25) is 0 Å². The Bertz CT molecular complexity index is 654. The summed E-state index contributed by atoms with van der Waals surface area (Å²) in [7, 11) is 0. The number of aromatic nitrogens is 1. The molecule has 5 nitrogen and oxygen atoms in total. The minimum Gasteiger partial charge on any atom is -0.431 e. The van der Waals surface area contributed by atoms with Crippen LogP contribution in [-0.2, 0) is 9.53 Å². The molecule has 23 heavy (non-hydrogen) atoms. The van der Waals surface area contributed by atoms with Crippen molar-refractivity contribution in [1.82, 2.24) is 10.3 Å².